The summed E-state index contributed by atoms with van der Waals surface area (Å²) >= 11 is 5.08. The molecule has 2 rings (SSSR count). The molecule has 1 aromatic carbocycles. The summed E-state index contributed by atoms with van der Waals surface area (Å²) in [4.78, 5) is 1.04. The molecule has 0 spiro atoms. The number of aliphatic hydroxyl groups excluding tert-OH is 1. The maximum absolute atomic E-state index is 9.80. The van der Waals surface area contributed by atoms with Gasteiger partial charge < -0.3 is 5.11 Å². The molecule has 96 valence electrons. The minimum Gasteiger partial charge on any atom is -0.389 e. The Hall–Kier alpha value is -0.780. The SMILES string of the molecule is Cc1cc(Sc2cc(Br)ccc2C(C)O)n(C)n1. The molecule has 1 aromatic heterocycles. The van der Waals surface area contributed by atoms with Crippen LogP contribution in [0.1, 0.15) is 24.3 Å². The molecule has 1 heterocycles. The van der Waals surface area contributed by atoms with Gasteiger partial charge in [-0.2, -0.15) is 5.10 Å². The summed E-state index contributed by atoms with van der Waals surface area (Å²) < 4.78 is 2.86. The number of hydrogen-bond acceptors (Lipinski definition) is 3. The van der Waals surface area contributed by atoms with E-state index in [1.54, 1.807) is 18.7 Å². The minimum atomic E-state index is -0.477. The summed E-state index contributed by atoms with van der Waals surface area (Å²) in [6, 6.07) is 7.95. The zero-order chi connectivity index (χ0) is 13.3. The predicted molar refractivity (Wildman–Crippen MR) is 76.8 cm³/mol. The molecule has 0 fully saturated rings. The monoisotopic (exact) mass is 326 g/mol. The first-order chi connectivity index (χ1) is 8.47. The quantitative estimate of drug-likeness (QED) is 0.934. The van der Waals surface area contributed by atoms with E-state index in [0.717, 1.165) is 25.7 Å². The Kier molecular flexibility index (Phi) is 4.14. The number of benzene rings is 1. The fourth-order valence-corrected chi connectivity index (χ4v) is 3.42. The summed E-state index contributed by atoms with van der Waals surface area (Å²) in [6.45, 7) is 3.75. The largest absolute Gasteiger partial charge is 0.389 e. The van der Waals surface area contributed by atoms with Gasteiger partial charge in [0.15, 0.2) is 0 Å². The Morgan fingerprint density at radius 2 is 2.11 bits per heavy atom. The molecule has 0 bridgehead atoms. The first-order valence-electron chi connectivity index (χ1n) is 5.63. The number of aliphatic hydroxyl groups is 1. The first kappa shape index (κ1) is 13.6. The summed E-state index contributed by atoms with van der Waals surface area (Å²) in [5.41, 5.74) is 1.93. The van der Waals surface area contributed by atoms with Crippen LogP contribution in [0.3, 0.4) is 0 Å². The molecule has 1 N–H and O–H groups in total. The highest BCUT2D eigenvalue weighted by atomic mass is 79.9. The first-order valence-corrected chi connectivity index (χ1v) is 7.24. The van der Waals surface area contributed by atoms with Crippen molar-refractivity contribution in [3.63, 3.8) is 0 Å². The van der Waals surface area contributed by atoms with Crippen LogP contribution in [0.4, 0.5) is 0 Å². The molecule has 1 unspecified atom stereocenters. The van der Waals surface area contributed by atoms with Gasteiger partial charge in [-0.1, -0.05) is 33.8 Å². The molecule has 0 aliphatic heterocycles. The van der Waals surface area contributed by atoms with Crippen molar-refractivity contribution < 1.29 is 5.11 Å². The van der Waals surface area contributed by atoms with Gasteiger partial charge in [-0.15, -0.1) is 0 Å². The van der Waals surface area contributed by atoms with E-state index in [-0.39, 0.29) is 0 Å². The summed E-state index contributed by atoms with van der Waals surface area (Å²) in [5, 5.41) is 15.2. The molecule has 5 heteroatoms. The molecule has 0 saturated carbocycles. The molecule has 0 aliphatic carbocycles. The van der Waals surface area contributed by atoms with Gasteiger partial charge in [0, 0.05) is 16.4 Å². The maximum atomic E-state index is 9.80. The topological polar surface area (TPSA) is 38.0 Å². The highest BCUT2D eigenvalue weighted by Gasteiger charge is 2.12. The lowest BCUT2D eigenvalue weighted by Crippen LogP contribution is -1.96. The van der Waals surface area contributed by atoms with Gasteiger partial charge in [0.05, 0.1) is 16.8 Å². The van der Waals surface area contributed by atoms with E-state index in [1.807, 2.05) is 42.9 Å². The maximum Gasteiger partial charge on any atom is 0.0987 e. The van der Waals surface area contributed by atoms with Crippen LogP contribution in [0.2, 0.25) is 0 Å². The lowest BCUT2D eigenvalue weighted by molar-refractivity contribution is 0.196. The van der Waals surface area contributed by atoms with Gasteiger partial charge in [-0.05, 0) is 37.6 Å². The molecule has 0 aliphatic rings. The van der Waals surface area contributed by atoms with Crippen molar-refractivity contribution in [2.24, 2.45) is 7.05 Å². The number of nitrogens with zero attached hydrogens (tertiary/aromatic N) is 2. The Bertz CT molecular complexity index is 566. The average Bonchev–Trinajstić information content (AvgIpc) is 2.57. The van der Waals surface area contributed by atoms with E-state index < -0.39 is 6.10 Å². The van der Waals surface area contributed by atoms with E-state index in [1.165, 1.54) is 0 Å². The third-order valence-electron chi connectivity index (χ3n) is 2.60. The smallest absolute Gasteiger partial charge is 0.0987 e. The Morgan fingerprint density at radius 3 is 2.67 bits per heavy atom. The standard InChI is InChI=1S/C13H15BrN2OS/c1-8-6-13(16(3)15-8)18-12-7-10(14)4-5-11(12)9(2)17/h4-7,9,17H,1-3H3. The second-order valence-electron chi connectivity index (χ2n) is 4.21. The van der Waals surface area contributed by atoms with Gasteiger partial charge >= 0.3 is 0 Å². The lowest BCUT2D eigenvalue weighted by Gasteiger charge is -2.12. The Morgan fingerprint density at radius 1 is 1.39 bits per heavy atom. The second kappa shape index (κ2) is 5.47. The average molecular weight is 327 g/mol. The van der Waals surface area contributed by atoms with Crippen molar-refractivity contribution in [1.82, 2.24) is 9.78 Å². The van der Waals surface area contributed by atoms with Crippen molar-refractivity contribution >= 4 is 27.7 Å². The molecule has 2 aromatic rings. The Balaban J connectivity index is 2.38. The molecular formula is C13H15BrN2OS. The second-order valence-corrected chi connectivity index (χ2v) is 6.19. The van der Waals surface area contributed by atoms with Crippen LogP contribution < -0.4 is 0 Å². The third kappa shape index (κ3) is 2.96. The van der Waals surface area contributed by atoms with Crippen molar-refractivity contribution in [3.05, 3.63) is 40.0 Å². The molecular weight excluding hydrogens is 312 g/mol. The number of halogens is 1. The van der Waals surface area contributed by atoms with Crippen molar-refractivity contribution in [3.8, 4) is 0 Å². The predicted octanol–water partition coefficient (Wildman–Crippen LogP) is 3.70. The van der Waals surface area contributed by atoms with E-state index >= 15 is 0 Å². The molecule has 18 heavy (non-hydrogen) atoms. The van der Waals surface area contributed by atoms with E-state index in [2.05, 4.69) is 21.0 Å². The van der Waals surface area contributed by atoms with E-state index in [4.69, 9.17) is 0 Å². The fraction of sp³-hybridized carbons (Fsp3) is 0.308. The van der Waals surface area contributed by atoms with Crippen LogP contribution in [0.5, 0.6) is 0 Å². The van der Waals surface area contributed by atoms with Crippen molar-refractivity contribution in [2.75, 3.05) is 0 Å². The number of aromatic nitrogens is 2. The molecule has 3 nitrogen and oxygen atoms in total. The van der Waals surface area contributed by atoms with E-state index in [9.17, 15) is 5.11 Å². The molecule has 0 radical (unpaired) electrons. The number of aryl methyl sites for hydroxylation is 2. The molecule has 1 atom stereocenters. The third-order valence-corrected chi connectivity index (χ3v) is 4.26. The summed E-state index contributed by atoms with van der Waals surface area (Å²) in [5.74, 6) is 0. The highest BCUT2D eigenvalue weighted by molar-refractivity contribution is 9.10. The number of rotatable bonds is 3. The Labute approximate surface area is 119 Å². The van der Waals surface area contributed by atoms with Gasteiger partial charge in [0.2, 0.25) is 0 Å². The fourth-order valence-electron chi connectivity index (χ4n) is 1.74. The van der Waals surface area contributed by atoms with E-state index in [0.29, 0.717) is 0 Å². The van der Waals surface area contributed by atoms with Crippen LogP contribution >= 0.6 is 27.7 Å². The van der Waals surface area contributed by atoms with Gasteiger partial charge in [-0.3, -0.25) is 4.68 Å². The summed E-state index contributed by atoms with van der Waals surface area (Å²) in [7, 11) is 1.93. The van der Waals surface area contributed by atoms with Crippen LogP contribution in [-0.4, -0.2) is 14.9 Å². The zero-order valence-corrected chi connectivity index (χ0v) is 12.9. The number of hydrogen-bond donors (Lipinski definition) is 1. The minimum absolute atomic E-state index is 0.477. The van der Waals surface area contributed by atoms with Gasteiger partial charge in [0.25, 0.3) is 0 Å². The molecule has 0 amide bonds. The summed E-state index contributed by atoms with van der Waals surface area (Å²) in [6.07, 6.45) is -0.477. The van der Waals surface area contributed by atoms with Crippen LogP contribution in [0.15, 0.2) is 38.7 Å². The highest BCUT2D eigenvalue weighted by Crippen LogP contribution is 2.35. The zero-order valence-electron chi connectivity index (χ0n) is 10.5. The molecule has 0 saturated heterocycles. The van der Waals surface area contributed by atoms with Gasteiger partial charge in [-0.25, -0.2) is 0 Å². The van der Waals surface area contributed by atoms with Crippen molar-refractivity contribution in [1.29, 1.82) is 0 Å². The van der Waals surface area contributed by atoms with Crippen molar-refractivity contribution in [2.45, 2.75) is 29.9 Å². The lowest BCUT2D eigenvalue weighted by atomic mass is 10.1. The van der Waals surface area contributed by atoms with Crippen LogP contribution in [0, 0.1) is 6.92 Å². The van der Waals surface area contributed by atoms with Crippen LogP contribution in [0.25, 0.3) is 0 Å². The van der Waals surface area contributed by atoms with Gasteiger partial charge in [0.1, 0.15) is 0 Å². The normalized spacial score (nSPS) is 12.7. The van der Waals surface area contributed by atoms with Crippen LogP contribution in [-0.2, 0) is 7.05 Å².